The maximum absolute atomic E-state index is 12.6. The van der Waals surface area contributed by atoms with Gasteiger partial charge < -0.3 is 10.1 Å². The van der Waals surface area contributed by atoms with Crippen molar-refractivity contribution in [1.29, 1.82) is 0 Å². The number of anilines is 1. The van der Waals surface area contributed by atoms with Crippen LogP contribution >= 0.6 is 11.3 Å². The molecule has 0 atom stereocenters. The lowest BCUT2D eigenvalue weighted by Gasteiger charge is -2.11. The zero-order valence-electron chi connectivity index (χ0n) is 14.9. The van der Waals surface area contributed by atoms with Gasteiger partial charge in [-0.15, -0.1) is 11.3 Å². The quantitative estimate of drug-likeness (QED) is 0.477. The number of esters is 1. The minimum absolute atomic E-state index is 0.0825. The predicted molar refractivity (Wildman–Crippen MR) is 103 cm³/mol. The topological polar surface area (TPSA) is 98.5 Å². The van der Waals surface area contributed by atoms with Gasteiger partial charge in [0.15, 0.2) is 0 Å². The molecule has 1 heterocycles. The monoisotopic (exact) mass is 388 g/mol. The van der Waals surface area contributed by atoms with Crippen molar-refractivity contribution < 1.29 is 19.2 Å². The van der Waals surface area contributed by atoms with Crippen molar-refractivity contribution in [3.63, 3.8) is 0 Å². The van der Waals surface area contributed by atoms with Crippen molar-refractivity contribution in [1.82, 2.24) is 0 Å². The molecule has 0 fully saturated rings. The molecule has 3 rings (SSSR count). The van der Waals surface area contributed by atoms with Crippen LogP contribution in [0.1, 0.15) is 56.8 Å². The average Bonchev–Trinajstić information content (AvgIpc) is 2.97. The number of fused-ring (bicyclic) bond motifs is 1. The van der Waals surface area contributed by atoms with E-state index >= 15 is 0 Å². The summed E-state index contributed by atoms with van der Waals surface area (Å²) in [6.45, 7) is 0. The number of thiophene rings is 1. The molecule has 1 amide bonds. The highest BCUT2D eigenvalue weighted by Crippen LogP contribution is 2.37. The van der Waals surface area contributed by atoms with Gasteiger partial charge >= 0.3 is 5.97 Å². The SMILES string of the molecule is COC(=O)c1c(NC(=O)c2ccc([N+](=O)[O-])cc2)sc2c1CCCCCC2. The van der Waals surface area contributed by atoms with Crippen molar-refractivity contribution in [3.05, 3.63) is 55.9 Å². The van der Waals surface area contributed by atoms with Gasteiger partial charge in [0.05, 0.1) is 17.6 Å². The first kappa shape index (κ1) is 19.0. The first-order chi connectivity index (χ1) is 13.0. The van der Waals surface area contributed by atoms with Crippen molar-refractivity contribution in [2.45, 2.75) is 38.5 Å². The summed E-state index contributed by atoms with van der Waals surface area (Å²) in [5, 5.41) is 14.0. The molecule has 7 nitrogen and oxygen atoms in total. The lowest BCUT2D eigenvalue weighted by molar-refractivity contribution is -0.384. The van der Waals surface area contributed by atoms with Gasteiger partial charge in [-0.1, -0.05) is 12.8 Å². The van der Waals surface area contributed by atoms with E-state index < -0.39 is 16.8 Å². The molecule has 1 aromatic carbocycles. The molecule has 1 aliphatic carbocycles. The van der Waals surface area contributed by atoms with Crippen molar-refractivity contribution in [2.24, 2.45) is 0 Å². The fourth-order valence-corrected chi connectivity index (χ4v) is 4.51. The van der Waals surface area contributed by atoms with E-state index in [0.29, 0.717) is 10.6 Å². The number of rotatable bonds is 4. The highest BCUT2D eigenvalue weighted by molar-refractivity contribution is 7.17. The van der Waals surface area contributed by atoms with Crippen LogP contribution in [0.15, 0.2) is 24.3 Å². The first-order valence-corrected chi connectivity index (χ1v) is 9.61. The number of nitro groups is 1. The predicted octanol–water partition coefficient (Wildman–Crippen LogP) is 4.35. The molecule has 0 spiro atoms. The number of non-ortho nitro benzene ring substituents is 1. The van der Waals surface area contributed by atoms with E-state index in [1.165, 1.54) is 42.7 Å². The van der Waals surface area contributed by atoms with Gasteiger partial charge in [-0.05, 0) is 43.4 Å². The zero-order valence-corrected chi connectivity index (χ0v) is 15.8. The second-order valence-corrected chi connectivity index (χ2v) is 7.48. The van der Waals surface area contributed by atoms with E-state index in [0.717, 1.165) is 49.0 Å². The third-order valence-corrected chi connectivity index (χ3v) is 5.84. The summed E-state index contributed by atoms with van der Waals surface area (Å²) in [4.78, 5) is 36.3. The van der Waals surface area contributed by atoms with Crippen LogP contribution in [0.3, 0.4) is 0 Å². The van der Waals surface area contributed by atoms with Gasteiger partial charge in [-0.3, -0.25) is 14.9 Å². The van der Waals surface area contributed by atoms with Crippen LogP contribution in [0.25, 0.3) is 0 Å². The number of hydrogen-bond acceptors (Lipinski definition) is 6. The van der Waals surface area contributed by atoms with E-state index in [1.807, 2.05) is 0 Å². The molecular formula is C19H20N2O5S. The number of ether oxygens (including phenoxy) is 1. The third-order valence-electron chi connectivity index (χ3n) is 4.63. The third kappa shape index (κ3) is 4.16. The Morgan fingerprint density at radius 2 is 1.78 bits per heavy atom. The Morgan fingerprint density at radius 1 is 1.11 bits per heavy atom. The number of methoxy groups -OCH3 is 1. The van der Waals surface area contributed by atoms with Crippen LogP contribution < -0.4 is 5.32 Å². The van der Waals surface area contributed by atoms with Crippen LogP contribution in [0.2, 0.25) is 0 Å². The summed E-state index contributed by atoms with van der Waals surface area (Å²) in [5.74, 6) is -0.864. The van der Waals surface area contributed by atoms with E-state index in [2.05, 4.69) is 5.32 Å². The lowest BCUT2D eigenvalue weighted by Crippen LogP contribution is -2.14. The fraction of sp³-hybridized carbons (Fsp3) is 0.368. The second-order valence-electron chi connectivity index (χ2n) is 6.37. The van der Waals surface area contributed by atoms with Crippen LogP contribution in [0.5, 0.6) is 0 Å². The molecule has 142 valence electrons. The molecule has 0 saturated carbocycles. The molecular weight excluding hydrogens is 368 g/mol. The number of aryl methyl sites for hydroxylation is 1. The maximum Gasteiger partial charge on any atom is 0.341 e. The Kier molecular flexibility index (Phi) is 5.85. The van der Waals surface area contributed by atoms with Gasteiger partial charge in [0.25, 0.3) is 11.6 Å². The Balaban J connectivity index is 1.90. The Morgan fingerprint density at radius 3 is 2.41 bits per heavy atom. The molecule has 0 aliphatic heterocycles. The Labute approximate surface area is 160 Å². The highest BCUT2D eigenvalue weighted by Gasteiger charge is 2.26. The lowest BCUT2D eigenvalue weighted by atomic mass is 9.96. The Hall–Kier alpha value is -2.74. The molecule has 27 heavy (non-hydrogen) atoms. The van der Waals surface area contributed by atoms with Gasteiger partial charge in [-0.25, -0.2) is 4.79 Å². The number of carbonyl (C=O) groups excluding carboxylic acids is 2. The van der Waals surface area contributed by atoms with Crippen LogP contribution in [0.4, 0.5) is 10.7 Å². The smallest absolute Gasteiger partial charge is 0.341 e. The number of hydrogen-bond donors (Lipinski definition) is 1. The number of nitro benzene ring substituents is 1. The summed E-state index contributed by atoms with van der Waals surface area (Å²) in [7, 11) is 1.33. The van der Waals surface area contributed by atoms with Crippen LogP contribution in [-0.4, -0.2) is 23.9 Å². The maximum atomic E-state index is 12.6. The molecule has 8 heteroatoms. The molecule has 1 N–H and O–H groups in total. The molecule has 1 aliphatic rings. The van der Waals surface area contributed by atoms with E-state index in [9.17, 15) is 19.7 Å². The van der Waals surface area contributed by atoms with E-state index in [-0.39, 0.29) is 11.3 Å². The van der Waals surface area contributed by atoms with Crippen molar-refractivity contribution >= 4 is 33.9 Å². The number of nitrogens with zero attached hydrogens (tertiary/aromatic N) is 1. The van der Waals surface area contributed by atoms with Gasteiger partial charge in [0, 0.05) is 22.6 Å². The number of carbonyl (C=O) groups is 2. The standard InChI is InChI=1S/C19H20N2O5S/c1-26-19(23)16-14-6-4-2-3-5-7-15(14)27-18(16)20-17(22)12-8-10-13(11-9-12)21(24)25/h8-11H,2-7H2,1H3,(H,20,22). The summed E-state index contributed by atoms with van der Waals surface area (Å²) >= 11 is 1.42. The molecule has 0 unspecified atom stereocenters. The number of amides is 1. The highest BCUT2D eigenvalue weighted by atomic mass is 32.1. The summed E-state index contributed by atoms with van der Waals surface area (Å²) in [5.41, 5.74) is 1.62. The number of benzene rings is 1. The largest absolute Gasteiger partial charge is 0.465 e. The molecule has 0 radical (unpaired) electrons. The van der Waals surface area contributed by atoms with Crippen LogP contribution in [-0.2, 0) is 17.6 Å². The fourth-order valence-electron chi connectivity index (χ4n) is 3.24. The normalized spacial score (nSPS) is 13.8. The molecule has 0 bridgehead atoms. The molecule has 2 aromatic rings. The molecule has 1 aromatic heterocycles. The Bertz CT molecular complexity index is 873. The van der Waals surface area contributed by atoms with Gasteiger partial charge in [-0.2, -0.15) is 0 Å². The summed E-state index contributed by atoms with van der Waals surface area (Å²) in [6.07, 6.45) is 6.03. The van der Waals surface area contributed by atoms with Gasteiger partial charge in [0.1, 0.15) is 5.00 Å². The van der Waals surface area contributed by atoms with Crippen molar-refractivity contribution in [3.8, 4) is 0 Å². The van der Waals surface area contributed by atoms with E-state index in [4.69, 9.17) is 4.74 Å². The summed E-state index contributed by atoms with van der Waals surface area (Å²) in [6, 6.07) is 5.36. The minimum Gasteiger partial charge on any atom is -0.465 e. The zero-order chi connectivity index (χ0) is 19.4. The summed E-state index contributed by atoms with van der Waals surface area (Å²) < 4.78 is 4.94. The number of nitrogens with one attached hydrogen (secondary N) is 1. The first-order valence-electron chi connectivity index (χ1n) is 8.80. The van der Waals surface area contributed by atoms with Crippen LogP contribution in [0, 0.1) is 10.1 Å². The van der Waals surface area contributed by atoms with Gasteiger partial charge in [0.2, 0.25) is 0 Å². The minimum atomic E-state index is -0.518. The van der Waals surface area contributed by atoms with Crippen molar-refractivity contribution in [2.75, 3.05) is 12.4 Å². The second kappa shape index (κ2) is 8.30. The average molecular weight is 388 g/mol. The molecule has 0 saturated heterocycles. The van der Waals surface area contributed by atoms with E-state index in [1.54, 1.807) is 0 Å².